The van der Waals surface area contributed by atoms with Crippen molar-refractivity contribution in [3.63, 3.8) is 0 Å². The van der Waals surface area contributed by atoms with Crippen LogP contribution in [0.1, 0.15) is 16.1 Å². The van der Waals surface area contributed by atoms with Gasteiger partial charge in [-0.15, -0.1) is 0 Å². The van der Waals surface area contributed by atoms with Crippen molar-refractivity contribution in [2.45, 2.75) is 6.92 Å². The van der Waals surface area contributed by atoms with Gasteiger partial charge < -0.3 is 16.0 Å². The maximum Gasteiger partial charge on any atom is 0.272 e. The van der Waals surface area contributed by atoms with Gasteiger partial charge in [0.15, 0.2) is 0 Å². The number of amides is 1. The summed E-state index contributed by atoms with van der Waals surface area (Å²) in [7, 11) is 0. The Bertz CT molecular complexity index is 518. The number of hydrogen-bond donors (Lipinski definition) is 3. The third kappa shape index (κ3) is 2.20. The van der Waals surface area contributed by atoms with E-state index in [1.807, 2.05) is 13.0 Å². The molecule has 1 amide bonds. The molecule has 82 valence electrons. The number of aryl methyl sites for hydroxylation is 1. The van der Waals surface area contributed by atoms with Crippen LogP contribution in [-0.2, 0) is 0 Å². The Morgan fingerprint density at radius 1 is 1.44 bits per heavy atom. The zero-order chi connectivity index (χ0) is 11.5. The molecule has 0 saturated carbocycles. The number of aromatic amines is 1. The summed E-state index contributed by atoms with van der Waals surface area (Å²) in [5, 5.41) is 2.72. The normalized spacial score (nSPS) is 10.1. The molecule has 5 nitrogen and oxygen atoms in total. The van der Waals surface area contributed by atoms with Gasteiger partial charge in [-0.2, -0.15) is 0 Å². The number of nitrogen functional groups attached to an aromatic ring is 1. The Hall–Kier alpha value is -2.30. The van der Waals surface area contributed by atoms with Crippen LogP contribution in [0.15, 0.2) is 30.7 Å². The summed E-state index contributed by atoms with van der Waals surface area (Å²) in [6.07, 6.45) is 4.89. The van der Waals surface area contributed by atoms with Crippen LogP contribution >= 0.6 is 0 Å². The molecule has 4 N–H and O–H groups in total. The highest BCUT2D eigenvalue weighted by Crippen LogP contribution is 2.10. The first-order chi connectivity index (χ1) is 7.65. The summed E-state index contributed by atoms with van der Waals surface area (Å²) in [5.74, 6) is -0.232. The van der Waals surface area contributed by atoms with Crippen molar-refractivity contribution < 1.29 is 4.79 Å². The topological polar surface area (TPSA) is 83.8 Å². The van der Waals surface area contributed by atoms with Gasteiger partial charge in [0.2, 0.25) is 0 Å². The molecular weight excluding hydrogens is 204 g/mol. The van der Waals surface area contributed by atoms with Crippen LogP contribution in [0.3, 0.4) is 0 Å². The minimum absolute atomic E-state index is 0.232. The number of hydrogen-bond acceptors (Lipinski definition) is 3. The number of H-pyrrole nitrogens is 1. The molecule has 0 aliphatic heterocycles. The summed E-state index contributed by atoms with van der Waals surface area (Å²) >= 11 is 0. The van der Waals surface area contributed by atoms with Gasteiger partial charge in [-0.05, 0) is 24.6 Å². The molecule has 0 aliphatic carbocycles. The lowest BCUT2D eigenvalue weighted by molar-refractivity contribution is 0.102. The zero-order valence-corrected chi connectivity index (χ0v) is 8.82. The SMILES string of the molecule is Cc1cncc(NC(=O)c2cc(N)c[nH]2)c1. The molecule has 5 heteroatoms. The minimum atomic E-state index is -0.232. The maximum atomic E-state index is 11.7. The number of rotatable bonds is 2. The molecule has 0 unspecified atom stereocenters. The van der Waals surface area contributed by atoms with Gasteiger partial charge in [0.1, 0.15) is 5.69 Å². The smallest absolute Gasteiger partial charge is 0.272 e. The first-order valence-corrected chi connectivity index (χ1v) is 4.82. The number of carbonyl (C=O) groups is 1. The first kappa shape index (κ1) is 10.2. The van der Waals surface area contributed by atoms with Crippen molar-refractivity contribution in [2.75, 3.05) is 11.1 Å². The summed E-state index contributed by atoms with van der Waals surface area (Å²) in [4.78, 5) is 18.5. The molecule has 16 heavy (non-hydrogen) atoms. The predicted molar refractivity (Wildman–Crippen MR) is 62.1 cm³/mol. The molecular formula is C11H12N4O. The highest BCUT2D eigenvalue weighted by molar-refractivity contribution is 6.03. The van der Waals surface area contributed by atoms with Gasteiger partial charge >= 0.3 is 0 Å². The van der Waals surface area contributed by atoms with Crippen LogP contribution in [0.2, 0.25) is 0 Å². The Kier molecular flexibility index (Phi) is 2.59. The Labute approximate surface area is 92.7 Å². The standard InChI is InChI=1S/C11H12N4O/c1-7-2-9(6-13-4-7)15-11(16)10-3-8(12)5-14-10/h2-6,14H,12H2,1H3,(H,15,16). The second-order valence-electron chi connectivity index (χ2n) is 3.55. The summed E-state index contributed by atoms with van der Waals surface area (Å²) in [5.41, 5.74) is 8.13. The van der Waals surface area contributed by atoms with Gasteiger partial charge in [0, 0.05) is 18.1 Å². The first-order valence-electron chi connectivity index (χ1n) is 4.82. The van der Waals surface area contributed by atoms with Crippen LogP contribution in [0.5, 0.6) is 0 Å². The molecule has 0 aliphatic rings. The molecule has 0 fully saturated rings. The fraction of sp³-hybridized carbons (Fsp3) is 0.0909. The largest absolute Gasteiger partial charge is 0.397 e. The lowest BCUT2D eigenvalue weighted by atomic mass is 10.3. The molecule has 2 heterocycles. The fourth-order valence-electron chi connectivity index (χ4n) is 1.36. The van der Waals surface area contributed by atoms with Crippen molar-refractivity contribution in [3.8, 4) is 0 Å². The maximum absolute atomic E-state index is 11.7. The monoisotopic (exact) mass is 216 g/mol. The number of nitrogens with two attached hydrogens (primary N) is 1. The molecule has 2 rings (SSSR count). The number of nitrogens with one attached hydrogen (secondary N) is 2. The van der Waals surface area contributed by atoms with E-state index >= 15 is 0 Å². The second kappa shape index (κ2) is 4.06. The predicted octanol–water partition coefficient (Wildman–Crippen LogP) is 1.55. The molecule has 0 saturated heterocycles. The summed E-state index contributed by atoms with van der Waals surface area (Å²) in [6.45, 7) is 1.91. The summed E-state index contributed by atoms with van der Waals surface area (Å²) < 4.78 is 0. The van der Waals surface area contributed by atoms with E-state index in [2.05, 4.69) is 15.3 Å². The van der Waals surface area contributed by atoms with Crippen molar-refractivity contribution in [1.29, 1.82) is 0 Å². The number of carbonyl (C=O) groups excluding carboxylic acids is 1. The zero-order valence-electron chi connectivity index (χ0n) is 8.82. The van der Waals surface area contributed by atoms with Crippen LogP contribution in [0.25, 0.3) is 0 Å². The van der Waals surface area contributed by atoms with Gasteiger partial charge in [-0.1, -0.05) is 0 Å². The van der Waals surface area contributed by atoms with Crippen LogP contribution < -0.4 is 11.1 Å². The van der Waals surface area contributed by atoms with Gasteiger partial charge in [-0.25, -0.2) is 0 Å². The van der Waals surface area contributed by atoms with Crippen molar-refractivity contribution in [2.24, 2.45) is 0 Å². The average Bonchev–Trinajstić information content (AvgIpc) is 2.65. The van der Waals surface area contributed by atoms with E-state index in [4.69, 9.17) is 5.73 Å². The third-order valence-electron chi connectivity index (χ3n) is 2.08. The highest BCUT2D eigenvalue weighted by Gasteiger charge is 2.07. The molecule has 2 aromatic heterocycles. The second-order valence-corrected chi connectivity index (χ2v) is 3.55. The lowest BCUT2D eigenvalue weighted by Gasteiger charge is -2.03. The quantitative estimate of drug-likeness (QED) is 0.712. The van der Waals surface area contributed by atoms with Crippen molar-refractivity contribution >= 4 is 17.3 Å². The number of nitrogens with zero attached hydrogens (tertiary/aromatic N) is 1. The Morgan fingerprint density at radius 3 is 2.88 bits per heavy atom. The molecule has 0 spiro atoms. The van der Waals surface area contributed by atoms with E-state index in [0.29, 0.717) is 17.1 Å². The highest BCUT2D eigenvalue weighted by atomic mass is 16.1. The average molecular weight is 216 g/mol. The summed E-state index contributed by atoms with van der Waals surface area (Å²) in [6, 6.07) is 3.43. The minimum Gasteiger partial charge on any atom is -0.397 e. The molecule has 0 bridgehead atoms. The van der Waals surface area contributed by atoms with E-state index in [9.17, 15) is 4.79 Å². The Morgan fingerprint density at radius 2 is 2.25 bits per heavy atom. The number of anilines is 2. The van der Waals surface area contributed by atoms with Crippen LogP contribution in [0, 0.1) is 6.92 Å². The molecule has 0 atom stereocenters. The van der Waals surface area contributed by atoms with Crippen molar-refractivity contribution in [1.82, 2.24) is 9.97 Å². The molecule has 2 aromatic rings. The van der Waals surface area contributed by atoms with Crippen LogP contribution in [-0.4, -0.2) is 15.9 Å². The van der Waals surface area contributed by atoms with Gasteiger partial charge in [0.05, 0.1) is 11.9 Å². The molecule has 0 radical (unpaired) electrons. The van der Waals surface area contributed by atoms with E-state index in [0.717, 1.165) is 5.56 Å². The molecule has 0 aromatic carbocycles. The van der Waals surface area contributed by atoms with Gasteiger partial charge in [0.25, 0.3) is 5.91 Å². The third-order valence-corrected chi connectivity index (χ3v) is 2.08. The van der Waals surface area contributed by atoms with E-state index in [1.54, 1.807) is 24.7 Å². The lowest BCUT2D eigenvalue weighted by Crippen LogP contribution is -2.12. The Balaban J connectivity index is 2.13. The van der Waals surface area contributed by atoms with Crippen LogP contribution in [0.4, 0.5) is 11.4 Å². The number of aromatic nitrogens is 2. The van der Waals surface area contributed by atoms with E-state index in [1.165, 1.54) is 0 Å². The van der Waals surface area contributed by atoms with Gasteiger partial charge in [-0.3, -0.25) is 9.78 Å². The fourth-order valence-corrected chi connectivity index (χ4v) is 1.36. The van der Waals surface area contributed by atoms with E-state index in [-0.39, 0.29) is 5.91 Å². The van der Waals surface area contributed by atoms with E-state index < -0.39 is 0 Å². The number of pyridine rings is 1. The van der Waals surface area contributed by atoms with Crippen molar-refractivity contribution in [3.05, 3.63) is 42.0 Å².